The maximum absolute atomic E-state index is 13.9. The van der Waals surface area contributed by atoms with Crippen LogP contribution < -0.4 is 11.1 Å². The molecule has 2 aromatic rings. The first-order valence-corrected chi connectivity index (χ1v) is 8.05. The lowest BCUT2D eigenvalue weighted by molar-refractivity contribution is -0.143. The van der Waals surface area contributed by atoms with Crippen LogP contribution in [0, 0.1) is 23.3 Å². The van der Waals surface area contributed by atoms with E-state index in [9.17, 15) is 40.3 Å². The van der Waals surface area contributed by atoms with E-state index >= 15 is 0 Å². The van der Waals surface area contributed by atoms with Crippen LogP contribution in [-0.2, 0) is 22.1 Å². The fourth-order valence-corrected chi connectivity index (χ4v) is 2.50. The molecule has 0 unspecified atom stereocenters. The number of nitrogens with two attached hydrogens (primary N) is 1. The molecule has 0 radical (unpaired) electrons. The lowest BCUT2D eigenvalue weighted by Gasteiger charge is -2.17. The number of carbonyl (C=O) groups excluding carboxylic acids is 2. The van der Waals surface area contributed by atoms with Gasteiger partial charge in [-0.1, -0.05) is 12.1 Å². The molecule has 0 aliphatic rings. The summed E-state index contributed by atoms with van der Waals surface area (Å²) in [5.74, 6) is -12.3. The number of esters is 1. The third-order valence-electron chi connectivity index (χ3n) is 3.94. The number of alkyl halides is 3. The highest BCUT2D eigenvalue weighted by Crippen LogP contribution is 2.38. The van der Waals surface area contributed by atoms with Crippen molar-refractivity contribution in [1.29, 1.82) is 0 Å². The van der Waals surface area contributed by atoms with E-state index in [0.717, 1.165) is 7.11 Å². The molecule has 0 fully saturated rings. The molecule has 0 heterocycles. The van der Waals surface area contributed by atoms with Gasteiger partial charge in [0.2, 0.25) is 5.91 Å². The zero-order chi connectivity index (χ0) is 22.8. The summed E-state index contributed by atoms with van der Waals surface area (Å²) in [7, 11) is 1.14. The van der Waals surface area contributed by atoms with Crippen molar-refractivity contribution in [2.75, 3.05) is 12.4 Å². The first-order valence-electron chi connectivity index (χ1n) is 8.05. The summed E-state index contributed by atoms with van der Waals surface area (Å²) in [5, 5.41) is 1.45. The minimum absolute atomic E-state index is 0.117. The Labute approximate surface area is 164 Å². The van der Waals surface area contributed by atoms with Crippen molar-refractivity contribution in [3.05, 3.63) is 64.2 Å². The Morgan fingerprint density at radius 2 is 1.63 bits per heavy atom. The second-order valence-electron chi connectivity index (χ2n) is 6.00. The lowest BCUT2D eigenvalue weighted by atomic mass is 10.0. The summed E-state index contributed by atoms with van der Waals surface area (Å²) in [6.45, 7) is 0. The number of methoxy groups -OCH3 is 1. The van der Waals surface area contributed by atoms with Crippen LogP contribution in [0.4, 0.5) is 36.4 Å². The number of nitrogens with one attached hydrogen (secondary N) is 1. The van der Waals surface area contributed by atoms with Crippen molar-refractivity contribution < 1.29 is 45.1 Å². The van der Waals surface area contributed by atoms with Gasteiger partial charge in [0.1, 0.15) is 11.3 Å². The number of halogens is 7. The van der Waals surface area contributed by atoms with Gasteiger partial charge in [-0.05, 0) is 24.1 Å². The molecule has 0 saturated heterocycles. The maximum Gasteiger partial charge on any atom is 0.422 e. The molecule has 2 rings (SSSR count). The molecular weight excluding hydrogens is 425 g/mol. The molecule has 0 aromatic heterocycles. The molecule has 30 heavy (non-hydrogen) atoms. The van der Waals surface area contributed by atoms with Crippen molar-refractivity contribution in [2.24, 2.45) is 5.73 Å². The predicted octanol–water partition coefficient (Wildman–Crippen LogP) is 3.56. The van der Waals surface area contributed by atoms with Crippen molar-refractivity contribution >= 4 is 17.6 Å². The monoisotopic (exact) mass is 438 g/mol. The molecule has 1 amide bonds. The van der Waals surface area contributed by atoms with Crippen LogP contribution in [0.1, 0.15) is 21.5 Å². The fraction of sp³-hybridized carbons (Fsp3) is 0.222. The second kappa shape index (κ2) is 8.69. The van der Waals surface area contributed by atoms with E-state index < -0.39 is 58.6 Å². The lowest BCUT2D eigenvalue weighted by Crippen LogP contribution is -2.38. The normalized spacial score (nSPS) is 12.4. The number of hydrogen-bond donors (Lipinski definition) is 2. The molecule has 2 aromatic carbocycles. The van der Waals surface area contributed by atoms with Gasteiger partial charge in [-0.15, -0.1) is 0 Å². The molecule has 162 valence electrons. The predicted molar refractivity (Wildman–Crippen MR) is 89.4 cm³/mol. The smallest absolute Gasteiger partial charge is 0.422 e. The molecule has 0 aliphatic carbocycles. The van der Waals surface area contributed by atoms with Crippen LogP contribution in [0.2, 0.25) is 0 Å². The van der Waals surface area contributed by atoms with E-state index in [1.165, 1.54) is 29.6 Å². The van der Waals surface area contributed by atoms with Gasteiger partial charge in [-0.2, -0.15) is 13.2 Å². The molecule has 5 nitrogen and oxygen atoms in total. The quantitative estimate of drug-likeness (QED) is 0.425. The number of ether oxygens (including phenoxy) is 1. The highest BCUT2D eigenvalue weighted by atomic mass is 19.4. The topological polar surface area (TPSA) is 81.4 Å². The summed E-state index contributed by atoms with van der Waals surface area (Å²) < 4.78 is 97.3. The summed E-state index contributed by atoms with van der Waals surface area (Å²) >= 11 is 0. The zero-order valence-electron chi connectivity index (χ0n) is 15.0. The first-order chi connectivity index (χ1) is 13.9. The minimum atomic E-state index is -5.71. The standard InChI is InChI=1S/C18H13F7N2O3/c1-30-17(29)8-4-2-3-7(5-8)6-9(26)16(28)27-15-13(21)11(19)10(18(23,24)25)12(20)14(15)22/h2-5,9H,6,26H2,1H3,(H,27,28)/t9-/m0/s1. The Balaban J connectivity index is 2.27. The van der Waals surface area contributed by atoms with Crippen LogP contribution >= 0.6 is 0 Å². The SMILES string of the molecule is COC(=O)c1cccc(C[C@H](N)C(=O)Nc2c(F)c(F)c(C(F)(F)F)c(F)c2F)c1. The van der Waals surface area contributed by atoms with Gasteiger partial charge in [-0.25, -0.2) is 22.4 Å². The number of anilines is 1. The molecule has 12 heteroatoms. The Hall–Kier alpha value is -3.15. The van der Waals surface area contributed by atoms with Crippen molar-refractivity contribution in [3.63, 3.8) is 0 Å². The fourth-order valence-electron chi connectivity index (χ4n) is 2.50. The van der Waals surface area contributed by atoms with Gasteiger partial charge in [-0.3, -0.25) is 4.79 Å². The number of hydrogen-bond acceptors (Lipinski definition) is 4. The minimum Gasteiger partial charge on any atom is -0.465 e. The molecule has 0 saturated carbocycles. The highest BCUT2D eigenvalue weighted by molar-refractivity contribution is 5.95. The maximum atomic E-state index is 13.9. The first kappa shape index (κ1) is 23.1. The summed E-state index contributed by atoms with van der Waals surface area (Å²) in [4.78, 5) is 23.6. The number of carbonyl (C=O) groups is 2. The van der Waals surface area contributed by atoms with Crippen molar-refractivity contribution in [2.45, 2.75) is 18.6 Å². The number of benzene rings is 2. The Morgan fingerprint density at radius 1 is 1.07 bits per heavy atom. The van der Waals surface area contributed by atoms with E-state index in [1.807, 2.05) is 0 Å². The second-order valence-corrected chi connectivity index (χ2v) is 6.00. The van der Waals surface area contributed by atoms with Gasteiger partial charge in [0, 0.05) is 0 Å². The summed E-state index contributed by atoms with van der Waals surface area (Å²) in [5.41, 5.74) is 1.52. The Bertz CT molecular complexity index is 963. The van der Waals surface area contributed by atoms with Gasteiger partial charge in [0.25, 0.3) is 0 Å². The van der Waals surface area contributed by atoms with E-state index in [1.54, 1.807) is 0 Å². The number of rotatable bonds is 5. The summed E-state index contributed by atoms with van der Waals surface area (Å²) in [6, 6.07) is 4.08. The molecule has 1 atom stereocenters. The van der Waals surface area contributed by atoms with Gasteiger partial charge in [0.15, 0.2) is 23.3 Å². The van der Waals surface area contributed by atoms with Gasteiger partial charge < -0.3 is 15.8 Å². The largest absolute Gasteiger partial charge is 0.465 e. The van der Waals surface area contributed by atoms with Crippen LogP contribution in [0.5, 0.6) is 0 Å². The Morgan fingerprint density at radius 3 is 2.13 bits per heavy atom. The van der Waals surface area contributed by atoms with Crippen LogP contribution in [0.15, 0.2) is 24.3 Å². The molecule has 0 spiro atoms. The van der Waals surface area contributed by atoms with E-state index in [4.69, 9.17) is 5.73 Å². The molecule has 0 bridgehead atoms. The third kappa shape index (κ3) is 4.70. The Kier molecular flexibility index (Phi) is 6.70. The average Bonchev–Trinajstić information content (AvgIpc) is 2.68. The molecular formula is C18H13F7N2O3. The zero-order valence-corrected chi connectivity index (χ0v) is 15.0. The number of amides is 1. The van der Waals surface area contributed by atoms with E-state index in [2.05, 4.69) is 4.74 Å². The molecule has 0 aliphatic heterocycles. The molecule has 3 N–H and O–H groups in total. The average molecular weight is 438 g/mol. The van der Waals surface area contributed by atoms with Crippen LogP contribution in [0.25, 0.3) is 0 Å². The van der Waals surface area contributed by atoms with Crippen LogP contribution in [-0.4, -0.2) is 25.0 Å². The van der Waals surface area contributed by atoms with E-state index in [-0.39, 0.29) is 12.0 Å². The third-order valence-corrected chi connectivity index (χ3v) is 3.94. The van der Waals surface area contributed by atoms with Gasteiger partial charge >= 0.3 is 12.1 Å². The highest BCUT2D eigenvalue weighted by Gasteiger charge is 2.42. The van der Waals surface area contributed by atoms with Crippen molar-refractivity contribution in [1.82, 2.24) is 0 Å². The van der Waals surface area contributed by atoms with Crippen LogP contribution in [0.3, 0.4) is 0 Å². The van der Waals surface area contributed by atoms with Crippen molar-refractivity contribution in [3.8, 4) is 0 Å². The summed E-state index contributed by atoms with van der Waals surface area (Å²) in [6.07, 6.45) is -6.00. The van der Waals surface area contributed by atoms with E-state index in [0.29, 0.717) is 5.56 Å². The van der Waals surface area contributed by atoms with Gasteiger partial charge in [0.05, 0.1) is 18.7 Å².